The van der Waals surface area contributed by atoms with Crippen LogP contribution >= 0.6 is 0 Å². The zero-order chi connectivity index (χ0) is 12.1. The topological polar surface area (TPSA) is 21.3 Å². The summed E-state index contributed by atoms with van der Waals surface area (Å²) >= 11 is 0. The van der Waals surface area contributed by atoms with Crippen LogP contribution in [0.5, 0.6) is 0 Å². The molecule has 1 N–H and O–H groups in total. The van der Waals surface area contributed by atoms with E-state index in [0.29, 0.717) is 0 Å². The summed E-state index contributed by atoms with van der Waals surface area (Å²) in [6.45, 7) is 3.87. The first-order chi connectivity index (χ1) is 8.33. The third-order valence-corrected chi connectivity index (χ3v) is 4.93. The van der Waals surface area contributed by atoms with Gasteiger partial charge in [0.25, 0.3) is 0 Å². The molecule has 100 valence electrons. The van der Waals surface area contributed by atoms with Crippen LogP contribution in [0, 0.1) is 17.8 Å². The van der Waals surface area contributed by atoms with E-state index in [1.165, 1.54) is 38.5 Å². The van der Waals surface area contributed by atoms with Crippen molar-refractivity contribution in [3.63, 3.8) is 0 Å². The molecule has 4 unspecified atom stereocenters. The van der Waals surface area contributed by atoms with Crippen LogP contribution in [0.1, 0.15) is 51.9 Å². The van der Waals surface area contributed by atoms with Crippen LogP contribution in [0.25, 0.3) is 0 Å². The number of ether oxygens (including phenoxy) is 1. The van der Waals surface area contributed by atoms with E-state index in [9.17, 15) is 0 Å². The van der Waals surface area contributed by atoms with Crippen molar-refractivity contribution in [3.05, 3.63) is 0 Å². The Hall–Kier alpha value is -0.0800. The Kier molecular flexibility index (Phi) is 5.30. The largest absolute Gasteiger partial charge is 0.382 e. The monoisotopic (exact) mass is 239 g/mol. The Bertz CT molecular complexity index is 219. The summed E-state index contributed by atoms with van der Waals surface area (Å²) in [4.78, 5) is 0. The summed E-state index contributed by atoms with van der Waals surface area (Å²) in [5, 5.41) is 3.51. The molecule has 0 aromatic heterocycles. The zero-order valence-corrected chi connectivity index (χ0v) is 11.6. The maximum absolute atomic E-state index is 5.42. The Morgan fingerprint density at radius 2 is 2.18 bits per heavy atom. The second kappa shape index (κ2) is 6.75. The minimum absolute atomic E-state index is 0.722. The molecular formula is C15H29NO. The second-order valence-corrected chi connectivity index (χ2v) is 6.00. The standard InChI is InChI=1S/C15H29NO/c1-3-17-8-4-5-15(16-2)11-14-10-12-6-7-13(14)9-12/h12-16H,3-11H2,1-2H3. The van der Waals surface area contributed by atoms with Crippen molar-refractivity contribution in [3.8, 4) is 0 Å². The fourth-order valence-electron chi connectivity index (χ4n) is 3.99. The quantitative estimate of drug-likeness (QED) is 0.657. The van der Waals surface area contributed by atoms with Gasteiger partial charge in [-0.25, -0.2) is 0 Å². The molecule has 2 nitrogen and oxygen atoms in total. The van der Waals surface area contributed by atoms with E-state index in [-0.39, 0.29) is 0 Å². The van der Waals surface area contributed by atoms with Gasteiger partial charge < -0.3 is 10.1 Å². The van der Waals surface area contributed by atoms with Gasteiger partial charge in [0.1, 0.15) is 0 Å². The van der Waals surface area contributed by atoms with Gasteiger partial charge in [-0.05, 0) is 70.3 Å². The van der Waals surface area contributed by atoms with Crippen LogP contribution in [-0.2, 0) is 4.74 Å². The Labute approximate surface area is 107 Å². The molecule has 0 radical (unpaired) electrons. The smallest absolute Gasteiger partial charge is 0.0466 e. The number of rotatable bonds is 8. The molecule has 0 heterocycles. The van der Waals surface area contributed by atoms with Crippen molar-refractivity contribution in [2.24, 2.45) is 17.8 Å². The number of fused-ring (bicyclic) bond motifs is 2. The maximum atomic E-state index is 5.42. The van der Waals surface area contributed by atoms with Crippen molar-refractivity contribution in [2.45, 2.75) is 57.9 Å². The summed E-state index contributed by atoms with van der Waals surface area (Å²) in [7, 11) is 2.12. The first kappa shape index (κ1) is 13.4. The zero-order valence-electron chi connectivity index (χ0n) is 11.6. The molecule has 0 aliphatic heterocycles. The van der Waals surface area contributed by atoms with Gasteiger partial charge >= 0.3 is 0 Å². The highest BCUT2D eigenvalue weighted by Crippen LogP contribution is 2.49. The number of hydrogen-bond donors (Lipinski definition) is 1. The highest BCUT2D eigenvalue weighted by Gasteiger charge is 2.39. The molecule has 17 heavy (non-hydrogen) atoms. The first-order valence-corrected chi connectivity index (χ1v) is 7.58. The molecule has 2 aliphatic rings. The van der Waals surface area contributed by atoms with Gasteiger partial charge in [-0.15, -0.1) is 0 Å². The van der Waals surface area contributed by atoms with Crippen LogP contribution in [-0.4, -0.2) is 26.3 Å². The molecule has 4 atom stereocenters. The van der Waals surface area contributed by atoms with Crippen molar-refractivity contribution >= 4 is 0 Å². The lowest BCUT2D eigenvalue weighted by atomic mass is 9.83. The van der Waals surface area contributed by atoms with Gasteiger partial charge in [0.05, 0.1) is 0 Å². The van der Waals surface area contributed by atoms with E-state index in [2.05, 4.69) is 19.3 Å². The molecule has 2 aliphatic carbocycles. The lowest BCUT2D eigenvalue weighted by molar-refractivity contribution is 0.139. The van der Waals surface area contributed by atoms with E-state index in [0.717, 1.165) is 37.0 Å². The predicted molar refractivity (Wildman–Crippen MR) is 72.1 cm³/mol. The summed E-state index contributed by atoms with van der Waals surface area (Å²) < 4.78 is 5.42. The molecule has 2 fully saturated rings. The Morgan fingerprint density at radius 1 is 1.29 bits per heavy atom. The maximum Gasteiger partial charge on any atom is 0.0466 e. The van der Waals surface area contributed by atoms with Gasteiger partial charge in [-0.2, -0.15) is 0 Å². The van der Waals surface area contributed by atoms with Crippen LogP contribution < -0.4 is 5.32 Å². The molecule has 0 aromatic rings. The minimum atomic E-state index is 0.722. The summed E-state index contributed by atoms with van der Waals surface area (Å²) in [5.74, 6) is 3.19. The second-order valence-electron chi connectivity index (χ2n) is 6.00. The van der Waals surface area contributed by atoms with Gasteiger partial charge in [0, 0.05) is 19.3 Å². The summed E-state index contributed by atoms with van der Waals surface area (Å²) in [6, 6.07) is 0.722. The Morgan fingerprint density at radius 3 is 2.76 bits per heavy atom. The van der Waals surface area contributed by atoms with E-state index in [1.807, 2.05) is 0 Å². The predicted octanol–water partition coefficient (Wildman–Crippen LogP) is 3.22. The Balaban J connectivity index is 1.65. The van der Waals surface area contributed by atoms with Crippen LogP contribution in [0.3, 0.4) is 0 Å². The lowest BCUT2D eigenvalue weighted by Gasteiger charge is -2.26. The van der Waals surface area contributed by atoms with Crippen molar-refractivity contribution in [2.75, 3.05) is 20.3 Å². The summed E-state index contributed by atoms with van der Waals surface area (Å²) in [5.41, 5.74) is 0. The van der Waals surface area contributed by atoms with Gasteiger partial charge in [0.15, 0.2) is 0 Å². The normalized spacial score (nSPS) is 33.2. The van der Waals surface area contributed by atoms with E-state index < -0.39 is 0 Å². The van der Waals surface area contributed by atoms with E-state index in [1.54, 1.807) is 6.42 Å². The average molecular weight is 239 g/mol. The molecule has 0 amide bonds. The molecule has 2 bridgehead atoms. The molecule has 2 saturated carbocycles. The van der Waals surface area contributed by atoms with Crippen molar-refractivity contribution < 1.29 is 4.74 Å². The molecule has 0 saturated heterocycles. The van der Waals surface area contributed by atoms with Gasteiger partial charge in [0.2, 0.25) is 0 Å². The van der Waals surface area contributed by atoms with E-state index in [4.69, 9.17) is 4.74 Å². The molecular weight excluding hydrogens is 210 g/mol. The fraction of sp³-hybridized carbons (Fsp3) is 1.00. The molecule has 0 spiro atoms. The minimum Gasteiger partial charge on any atom is -0.382 e. The molecule has 2 rings (SSSR count). The van der Waals surface area contributed by atoms with Gasteiger partial charge in [-0.1, -0.05) is 6.42 Å². The highest BCUT2D eigenvalue weighted by molar-refractivity contribution is 4.91. The van der Waals surface area contributed by atoms with Crippen molar-refractivity contribution in [1.82, 2.24) is 5.32 Å². The summed E-state index contributed by atoms with van der Waals surface area (Å²) in [6.07, 6.45) is 10.0. The number of hydrogen-bond acceptors (Lipinski definition) is 2. The molecule has 2 heteroatoms. The SMILES string of the molecule is CCOCCCC(CC1CC2CCC1C2)NC. The van der Waals surface area contributed by atoms with Crippen LogP contribution in [0.4, 0.5) is 0 Å². The number of nitrogens with one attached hydrogen (secondary N) is 1. The third kappa shape index (κ3) is 3.69. The average Bonchev–Trinajstić information content (AvgIpc) is 2.95. The fourth-order valence-corrected chi connectivity index (χ4v) is 3.99. The first-order valence-electron chi connectivity index (χ1n) is 7.58. The van der Waals surface area contributed by atoms with E-state index >= 15 is 0 Å². The highest BCUT2D eigenvalue weighted by atomic mass is 16.5. The van der Waals surface area contributed by atoms with Crippen molar-refractivity contribution in [1.29, 1.82) is 0 Å². The molecule has 0 aromatic carbocycles. The van der Waals surface area contributed by atoms with Crippen LogP contribution in [0.15, 0.2) is 0 Å². The van der Waals surface area contributed by atoms with Gasteiger partial charge in [-0.3, -0.25) is 0 Å². The third-order valence-electron chi connectivity index (χ3n) is 4.93. The van der Waals surface area contributed by atoms with Crippen LogP contribution in [0.2, 0.25) is 0 Å². The lowest BCUT2D eigenvalue weighted by Crippen LogP contribution is -2.29.